The monoisotopic (exact) mass is 471 g/mol. The van der Waals surface area contributed by atoms with Crippen LogP contribution in [0.1, 0.15) is 0 Å². The van der Waals surface area contributed by atoms with Crippen molar-refractivity contribution in [1.82, 2.24) is 16.0 Å². The molecule has 1 aliphatic rings. The number of nitrogens with zero attached hydrogens (tertiary/aromatic N) is 1. The van der Waals surface area contributed by atoms with Crippen molar-refractivity contribution in [2.24, 2.45) is 5.10 Å². The first kappa shape index (κ1) is 25.1. The van der Waals surface area contributed by atoms with Crippen LogP contribution in [0.5, 0.6) is 0 Å². The molecule has 11 nitrogen and oxygen atoms in total. The molecule has 0 aromatic heterocycles. The van der Waals surface area contributed by atoms with Crippen LogP contribution < -0.4 is 26.7 Å². The van der Waals surface area contributed by atoms with Gasteiger partial charge in [0.05, 0.1) is 18.4 Å². The summed E-state index contributed by atoms with van der Waals surface area (Å²) >= 11 is 0. The molecule has 1 aliphatic heterocycles. The van der Waals surface area contributed by atoms with Crippen LogP contribution in [0.2, 0.25) is 0 Å². The van der Waals surface area contributed by atoms with Gasteiger partial charge in [-0.3, -0.25) is 20.3 Å². The Morgan fingerprint density at radius 2 is 1.88 bits per heavy atom. The summed E-state index contributed by atoms with van der Waals surface area (Å²) in [5, 5.41) is 25.1. The van der Waals surface area contributed by atoms with E-state index in [4.69, 9.17) is 10.8 Å². The summed E-state index contributed by atoms with van der Waals surface area (Å²) in [7, 11) is 0. The van der Waals surface area contributed by atoms with Gasteiger partial charge in [-0.15, -0.1) is 0 Å². The van der Waals surface area contributed by atoms with Gasteiger partial charge in [0.25, 0.3) is 11.8 Å². The maximum atomic E-state index is 13.0. The van der Waals surface area contributed by atoms with Crippen LogP contribution in [0.4, 0.5) is 28.0 Å². The fraction of sp³-hybridized carbons (Fsp3) is 0.222. The lowest BCUT2D eigenvalue weighted by Crippen LogP contribution is -2.90. The molecule has 2 rings (SSSR count). The molecule has 8 N–H and O–H groups in total. The number of hydrogen-bond acceptors (Lipinski definition) is 7. The number of nitrogens with one attached hydrogen (secondary N) is 6. The fourth-order valence-electron chi connectivity index (χ4n) is 2.72. The van der Waals surface area contributed by atoms with Crippen LogP contribution in [-0.4, -0.2) is 60.8 Å². The van der Waals surface area contributed by atoms with Crippen molar-refractivity contribution in [3.63, 3.8) is 0 Å². The lowest BCUT2D eigenvalue weighted by atomic mass is 9.94. The van der Waals surface area contributed by atoms with E-state index < -0.39 is 54.2 Å². The summed E-state index contributed by atoms with van der Waals surface area (Å²) in [5.41, 5.74) is -0.283. The van der Waals surface area contributed by atoms with E-state index in [-0.39, 0.29) is 5.70 Å². The van der Waals surface area contributed by atoms with Crippen molar-refractivity contribution in [2.75, 3.05) is 18.5 Å². The summed E-state index contributed by atoms with van der Waals surface area (Å²) in [6.07, 6.45) is -2.56. The first-order valence-corrected chi connectivity index (χ1v) is 9.13. The van der Waals surface area contributed by atoms with Crippen molar-refractivity contribution < 1.29 is 37.3 Å². The number of halogens is 4. The van der Waals surface area contributed by atoms with Gasteiger partial charge in [-0.1, -0.05) is 0 Å². The zero-order valence-electron chi connectivity index (χ0n) is 16.7. The molecule has 1 aromatic rings. The molecule has 1 heterocycles. The smallest absolute Gasteiger partial charge is 0.347 e. The number of benzene rings is 1. The molecule has 1 aromatic carbocycles. The van der Waals surface area contributed by atoms with Crippen molar-refractivity contribution in [3.05, 3.63) is 41.9 Å². The van der Waals surface area contributed by atoms with Crippen LogP contribution in [0.3, 0.4) is 0 Å². The van der Waals surface area contributed by atoms with Crippen molar-refractivity contribution in [1.29, 1.82) is 10.8 Å². The molecule has 1 unspecified atom stereocenters. The highest BCUT2D eigenvalue weighted by molar-refractivity contribution is 6.60. The molecule has 0 radical (unpaired) electrons. The highest BCUT2D eigenvalue weighted by Gasteiger charge is 2.53. The number of carbonyl (C=O) groups excluding carboxylic acids is 3. The summed E-state index contributed by atoms with van der Waals surface area (Å²) < 4.78 is 51.1. The lowest BCUT2D eigenvalue weighted by Gasteiger charge is -2.26. The predicted molar refractivity (Wildman–Crippen MR) is 108 cm³/mol. The van der Waals surface area contributed by atoms with Crippen LogP contribution in [0, 0.1) is 16.6 Å². The maximum Gasteiger partial charge on any atom is 0.438 e. The SMILES string of the molecule is N=C/C=C(\[NH2+]CC(F)(F)F)C1(CNC(=O)/C(C=N)=N/Nc2ccc(F)cc2)NC(=O)NC1=O. The maximum absolute atomic E-state index is 13.0. The number of anilines is 1. The van der Waals surface area contributed by atoms with Gasteiger partial charge in [0.2, 0.25) is 5.54 Å². The molecule has 0 aliphatic carbocycles. The van der Waals surface area contributed by atoms with E-state index in [1.54, 1.807) is 0 Å². The molecule has 1 saturated heterocycles. The van der Waals surface area contributed by atoms with E-state index in [9.17, 15) is 31.9 Å². The van der Waals surface area contributed by atoms with Crippen molar-refractivity contribution in [2.45, 2.75) is 11.7 Å². The molecule has 176 valence electrons. The second-order valence-electron chi connectivity index (χ2n) is 6.57. The number of carbonyl (C=O) groups is 3. The summed E-state index contributed by atoms with van der Waals surface area (Å²) in [4.78, 5) is 36.6. The van der Waals surface area contributed by atoms with E-state index in [0.29, 0.717) is 23.4 Å². The third-order valence-electron chi connectivity index (χ3n) is 4.28. The Morgan fingerprint density at radius 1 is 1.21 bits per heavy atom. The Kier molecular flexibility index (Phi) is 7.95. The van der Waals surface area contributed by atoms with Crippen LogP contribution >= 0.6 is 0 Å². The zero-order valence-corrected chi connectivity index (χ0v) is 16.7. The van der Waals surface area contributed by atoms with Crippen molar-refractivity contribution >= 4 is 41.7 Å². The number of allylic oxidation sites excluding steroid dienone is 1. The van der Waals surface area contributed by atoms with Gasteiger partial charge in [-0.2, -0.15) is 18.3 Å². The Bertz CT molecular complexity index is 1010. The zero-order chi connectivity index (χ0) is 24.6. The van der Waals surface area contributed by atoms with Gasteiger partial charge in [0.1, 0.15) is 11.5 Å². The van der Waals surface area contributed by atoms with E-state index in [0.717, 1.165) is 18.2 Å². The third-order valence-corrected chi connectivity index (χ3v) is 4.28. The van der Waals surface area contributed by atoms with Gasteiger partial charge < -0.3 is 26.8 Å². The second kappa shape index (κ2) is 10.4. The molecule has 33 heavy (non-hydrogen) atoms. The summed E-state index contributed by atoms with van der Waals surface area (Å²) in [6.45, 7) is -2.17. The van der Waals surface area contributed by atoms with Gasteiger partial charge in [0, 0.05) is 12.3 Å². The standard InChI is InChI=1S/C18H18F4N8O3/c19-10-1-3-11(4-2-10)29-30-12(7-24)14(31)26-8-17(15(32)27-16(33)28-17)13(5-6-23)25-9-18(20,21)22/h1-7,23-25,29H,8-9H2,(H,26,31)(H2,27,28,32,33)/p+1/b13-5-,23-6?,24-7?,30-12+. The number of hydrogen-bond donors (Lipinski definition) is 7. The summed E-state index contributed by atoms with van der Waals surface area (Å²) in [5.74, 6) is -2.55. The first-order chi connectivity index (χ1) is 15.5. The molecular formula is C18H19F4N8O3+. The van der Waals surface area contributed by atoms with Crippen LogP contribution in [0.15, 0.2) is 41.1 Å². The number of hydrazone groups is 1. The number of alkyl halides is 3. The molecule has 1 atom stereocenters. The lowest BCUT2D eigenvalue weighted by molar-refractivity contribution is -0.636. The minimum Gasteiger partial charge on any atom is -0.347 e. The van der Waals surface area contributed by atoms with E-state index in [1.807, 2.05) is 5.32 Å². The number of nitrogens with two attached hydrogens (primary N) is 1. The number of imide groups is 1. The van der Waals surface area contributed by atoms with E-state index in [1.165, 1.54) is 12.1 Å². The number of rotatable bonds is 10. The highest BCUT2D eigenvalue weighted by Crippen LogP contribution is 2.17. The average molecular weight is 471 g/mol. The molecule has 0 spiro atoms. The van der Waals surface area contributed by atoms with Crippen LogP contribution in [0.25, 0.3) is 0 Å². The minimum atomic E-state index is -4.63. The average Bonchev–Trinajstić information content (AvgIpc) is 3.04. The third kappa shape index (κ3) is 6.67. The van der Waals surface area contributed by atoms with Gasteiger partial charge in [-0.05, 0) is 24.3 Å². The van der Waals surface area contributed by atoms with Gasteiger partial charge in [-0.25, -0.2) is 9.18 Å². The number of amides is 4. The molecule has 0 bridgehead atoms. The second-order valence-corrected chi connectivity index (χ2v) is 6.57. The highest BCUT2D eigenvalue weighted by atomic mass is 19.4. The molecule has 4 amide bonds. The van der Waals surface area contributed by atoms with Gasteiger partial charge >= 0.3 is 12.2 Å². The predicted octanol–water partition coefficient (Wildman–Crippen LogP) is -0.403. The summed E-state index contributed by atoms with van der Waals surface area (Å²) in [6, 6.07) is 3.88. The number of quaternary nitrogens is 1. The normalized spacial score (nSPS) is 18.9. The topological polar surface area (TPSA) is 176 Å². The Hall–Kier alpha value is -4.14. The Balaban J connectivity index is 2.22. The molecule has 0 saturated carbocycles. The quantitative estimate of drug-likeness (QED) is 0.106. The Morgan fingerprint density at radius 3 is 2.39 bits per heavy atom. The first-order valence-electron chi connectivity index (χ1n) is 9.13. The van der Waals surface area contributed by atoms with E-state index in [2.05, 4.69) is 21.2 Å². The number of urea groups is 1. The fourth-order valence-corrected chi connectivity index (χ4v) is 2.72. The minimum absolute atomic E-state index is 0.292. The van der Waals surface area contributed by atoms with Gasteiger partial charge in [0.15, 0.2) is 12.3 Å². The molecular weight excluding hydrogens is 452 g/mol. The van der Waals surface area contributed by atoms with Crippen molar-refractivity contribution in [3.8, 4) is 0 Å². The molecule has 15 heteroatoms. The molecule has 1 fully saturated rings. The van der Waals surface area contributed by atoms with E-state index >= 15 is 0 Å². The Labute approximate surface area is 183 Å². The largest absolute Gasteiger partial charge is 0.438 e. The van der Waals surface area contributed by atoms with Crippen LogP contribution in [-0.2, 0) is 9.59 Å².